The fourth-order valence-corrected chi connectivity index (χ4v) is 6.81. The summed E-state index contributed by atoms with van der Waals surface area (Å²) < 4.78 is 7.49. The van der Waals surface area contributed by atoms with E-state index in [1.165, 1.54) is 4.90 Å². The van der Waals surface area contributed by atoms with Gasteiger partial charge >= 0.3 is 0 Å². The number of carbonyl (C=O) groups is 2. The number of nitrogens with zero attached hydrogens (tertiary/aromatic N) is 1. The first-order chi connectivity index (χ1) is 13.5. The Morgan fingerprint density at radius 3 is 2.11 bits per heavy atom. The smallest absolute Gasteiger partial charge is 0.261 e. The minimum absolute atomic E-state index is 0.228. The predicted molar refractivity (Wildman–Crippen MR) is 117 cm³/mol. The number of rotatable bonds is 7. The van der Waals surface area contributed by atoms with Gasteiger partial charge in [-0.15, -0.1) is 0 Å². The Balaban J connectivity index is 1.95. The fraction of sp³-hybridized carbons (Fsp3) is 0.364. The SMILES string of the molecule is CC[Si](CC)(CC)O[C@H]1C(=O)N(C(=O)c2ccccc2)[C@H]1c1ccc(Br)cc1. The number of benzene rings is 2. The Labute approximate surface area is 176 Å². The molecule has 0 aliphatic carbocycles. The van der Waals surface area contributed by atoms with Crippen molar-refractivity contribution in [2.75, 3.05) is 0 Å². The van der Waals surface area contributed by atoms with E-state index in [0.29, 0.717) is 5.56 Å². The zero-order valence-corrected chi connectivity index (χ0v) is 19.1. The van der Waals surface area contributed by atoms with E-state index in [-0.39, 0.29) is 17.9 Å². The molecule has 1 saturated heterocycles. The summed E-state index contributed by atoms with van der Waals surface area (Å²) in [7, 11) is -1.99. The number of halogens is 1. The highest BCUT2D eigenvalue weighted by Crippen LogP contribution is 2.41. The van der Waals surface area contributed by atoms with Crippen LogP contribution in [0.3, 0.4) is 0 Å². The molecular weight excluding hydrogens is 434 g/mol. The molecule has 1 fully saturated rings. The molecule has 0 spiro atoms. The van der Waals surface area contributed by atoms with Gasteiger partial charge in [0.2, 0.25) is 0 Å². The predicted octanol–water partition coefficient (Wildman–Crippen LogP) is 5.56. The van der Waals surface area contributed by atoms with Crippen LogP contribution in [0.25, 0.3) is 0 Å². The van der Waals surface area contributed by atoms with Crippen molar-refractivity contribution in [3.8, 4) is 0 Å². The van der Waals surface area contributed by atoms with Crippen LogP contribution in [0.2, 0.25) is 18.1 Å². The summed E-state index contributed by atoms with van der Waals surface area (Å²) in [5, 5.41) is 0. The van der Waals surface area contributed by atoms with E-state index in [9.17, 15) is 9.59 Å². The van der Waals surface area contributed by atoms with Gasteiger partial charge in [-0.2, -0.15) is 0 Å². The lowest BCUT2D eigenvalue weighted by Crippen LogP contribution is -2.64. The molecule has 2 aromatic rings. The monoisotopic (exact) mass is 459 g/mol. The highest BCUT2D eigenvalue weighted by Gasteiger charge is 2.54. The molecule has 4 nitrogen and oxygen atoms in total. The van der Waals surface area contributed by atoms with E-state index in [0.717, 1.165) is 28.2 Å². The lowest BCUT2D eigenvalue weighted by Gasteiger charge is -2.48. The third-order valence-electron chi connectivity index (χ3n) is 5.81. The molecule has 3 rings (SSSR count). The second-order valence-corrected chi connectivity index (χ2v) is 12.8. The maximum atomic E-state index is 13.1. The van der Waals surface area contributed by atoms with E-state index in [1.54, 1.807) is 12.1 Å². The number of hydrogen-bond donors (Lipinski definition) is 0. The van der Waals surface area contributed by atoms with Crippen LogP contribution in [0.4, 0.5) is 0 Å². The summed E-state index contributed by atoms with van der Waals surface area (Å²) in [6, 6.07) is 19.2. The van der Waals surface area contributed by atoms with Crippen LogP contribution in [0.5, 0.6) is 0 Å². The van der Waals surface area contributed by atoms with Crippen molar-refractivity contribution in [3.05, 3.63) is 70.2 Å². The number of amides is 2. The zero-order valence-electron chi connectivity index (χ0n) is 16.5. The topological polar surface area (TPSA) is 46.6 Å². The molecule has 1 heterocycles. The molecule has 0 N–H and O–H groups in total. The molecule has 0 unspecified atom stereocenters. The molecule has 6 heteroatoms. The molecule has 2 amide bonds. The van der Waals surface area contributed by atoms with Gasteiger partial charge in [0.25, 0.3) is 11.8 Å². The number of β-lactam (4-membered cyclic amide) rings is 1. The molecule has 2 aromatic carbocycles. The molecule has 2 atom stereocenters. The van der Waals surface area contributed by atoms with Gasteiger partial charge in [0.1, 0.15) is 0 Å². The average Bonchev–Trinajstić information content (AvgIpc) is 2.74. The van der Waals surface area contributed by atoms with E-state index in [2.05, 4.69) is 36.7 Å². The van der Waals surface area contributed by atoms with Crippen LogP contribution in [-0.2, 0) is 9.22 Å². The van der Waals surface area contributed by atoms with Gasteiger partial charge in [0, 0.05) is 10.0 Å². The number of likely N-dealkylation sites (tertiary alicyclic amines) is 1. The Bertz CT molecular complexity index is 828. The van der Waals surface area contributed by atoms with E-state index >= 15 is 0 Å². The first-order valence-electron chi connectivity index (χ1n) is 9.82. The van der Waals surface area contributed by atoms with Crippen LogP contribution in [0, 0.1) is 0 Å². The van der Waals surface area contributed by atoms with Gasteiger partial charge in [-0.05, 0) is 48.0 Å². The lowest BCUT2D eigenvalue weighted by atomic mass is 9.90. The van der Waals surface area contributed by atoms with Crippen molar-refractivity contribution in [1.82, 2.24) is 4.90 Å². The number of hydrogen-bond acceptors (Lipinski definition) is 3. The first kappa shape index (κ1) is 21.0. The van der Waals surface area contributed by atoms with Crippen molar-refractivity contribution >= 4 is 36.1 Å². The summed E-state index contributed by atoms with van der Waals surface area (Å²) >= 11 is 3.45. The van der Waals surface area contributed by atoms with Gasteiger partial charge in [0.15, 0.2) is 14.4 Å². The Morgan fingerprint density at radius 1 is 1.00 bits per heavy atom. The van der Waals surface area contributed by atoms with Gasteiger partial charge < -0.3 is 4.43 Å². The van der Waals surface area contributed by atoms with E-state index in [1.807, 2.05) is 42.5 Å². The first-order valence-corrected chi connectivity index (χ1v) is 13.1. The van der Waals surface area contributed by atoms with Crippen molar-refractivity contribution in [3.63, 3.8) is 0 Å². The van der Waals surface area contributed by atoms with Gasteiger partial charge in [-0.25, -0.2) is 0 Å². The van der Waals surface area contributed by atoms with Crippen LogP contribution < -0.4 is 0 Å². The summed E-state index contributed by atoms with van der Waals surface area (Å²) in [5.41, 5.74) is 1.43. The largest absolute Gasteiger partial charge is 0.403 e. The van der Waals surface area contributed by atoms with Gasteiger partial charge in [-0.3, -0.25) is 14.5 Å². The standard InChI is InChI=1S/C22H26BrNO3Si/c1-4-28(5-2,6-3)27-20-19(16-12-14-18(23)15-13-16)24(22(20)26)21(25)17-10-8-7-9-11-17/h7-15,19-20H,4-6H2,1-3H3/t19-,20+/m0/s1. The third-order valence-corrected chi connectivity index (χ3v) is 11.0. The molecule has 0 radical (unpaired) electrons. The van der Waals surface area contributed by atoms with E-state index < -0.39 is 14.4 Å². The van der Waals surface area contributed by atoms with Crippen LogP contribution >= 0.6 is 15.9 Å². The van der Waals surface area contributed by atoms with Crippen LogP contribution in [0.15, 0.2) is 59.1 Å². The van der Waals surface area contributed by atoms with Crippen LogP contribution in [-0.4, -0.2) is 31.1 Å². The van der Waals surface area contributed by atoms with Crippen molar-refractivity contribution in [2.24, 2.45) is 0 Å². The Hall–Kier alpha value is -1.76. The maximum Gasteiger partial charge on any atom is 0.261 e. The number of imide groups is 1. The average molecular weight is 460 g/mol. The summed E-state index contributed by atoms with van der Waals surface area (Å²) in [5.74, 6) is -0.496. The second-order valence-electron chi connectivity index (χ2n) is 7.16. The summed E-state index contributed by atoms with van der Waals surface area (Å²) in [6.07, 6.45) is -0.583. The quantitative estimate of drug-likeness (QED) is 0.309. The molecule has 28 heavy (non-hydrogen) atoms. The minimum atomic E-state index is -1.99. The van der Waals surface area contributed by atoms with Gasteiger partial charge in [0.05, 0.1) is 6.04 Å². The Kier molecular flexibility index (Phi) is 6.53. The van der Waals surface area contributed by atoms with Crippen molar-refractivity contribution < 1.29 is 14.0 Å². The molecule has 1 aliphatic heterocycles. The molecule has 148 valence electrons. The molecule has 0 bridgehead atoms. The maximum absolute atomic E-state index is 13.1. The highest BCUT2D eigenvalue weighted by molar-refractivity contribution is 9.10. The lowest BCUT2D eigenvalue weighted by molar-refractivity contribution is -0.158. The van der Waals surface area contributed by atoms with Crippen molar-refractivity contribution in [2.45, 2.75) is 51.0 Å². The fourth-order valence-electron chi connectivity index (χ4n) is 3.78. The molecular formula is C22H26BrNO3Si. The third kappa shape index (κ3) is 3.86. The van der Waals surface area contributed by atoms with E-state index in [4.69, 9.17) is 4.43 Å². The van der Waals surface area contributed by atoms with Crippen LogP contribution in [0.1, 0.15) is 42.7 Å². The summed E-state index contributed by atoms with van der Waals surface area (Å²) in [6.45, 7) is 6.43. The number of carbonyl (C=O) groups excluding carboxylic acids is 2. The van der Waals surface area contributed by atoms with Gasteiger partial charge in [-0.1, -0.05) is 67.0 Å². The second kappa shape index (κ2) is 8.72. The molecule has 1 aliphatic rings. The molecule has 0 aromatic heterocycles. The minimum Gasteiger partial charge on any atom is -0.403 e. The zero-order chi connectivity index (χ0) is 20.3. The van der Waals surface area contributed by atoms with Crippen molar-refractivity contribution in [1.29, 1.82) is 0 Å². The highest BCUT2D eigenvalue weighted by atomic mass is 79.9. The summed E-state index contributed by atoms with van der Waals surface area (Å²) in [4.78, 5) is 27.5. The Morgan fingerprint density at radius 2 is 1.57 bits per heavy atom. The molecule has 0 saturated carbocycles. The normalized spacial score (nSPS) is 19.4.